The molecule has 2 aromatic carbocycles. The molecule has 1 atom stereocenters. The Bertz CT molecular complexity index is 1090. The molecule has 0 radical (unpaired) electrons. The third-order valence-electron chi connectivity index (χ3n) is 6.43. The van der Waals surface area contributed by atoms with Crippen LogP contribution in [0, 0.1) is 11.6 Å². The smallest absolute Gasteiger partial charge is 0.182 e. The first-order chi connectivity index (χ1) is 15.1. The van der Waals surface area contributed by atoms with Crippen LogP contribution in [0.2, 0.25) is 0 Å². The molecular formula is C23H26F3NO4S. The number of methoxy groups -OCH3 is 2. The highest BCUT2D eigenvalue weighted by atomic mass is 32.2. The maximum atomic E-state index is 15.7. The van der Waals surface area contributed by atoms with Gasteiger partial charge in [-0.25, -0.2) is 21.6 Å². The largest absolute Gasteiger partial charge is 0.493 e. The lowest BCUT2D eigenvalue weighted by Crippen LogP contribution is -2.43. The molecule has 9 heteroatoms. The van der Waals surface area contributed by atoms with E-state index in [1.807, 2.05) is 4.90 Å². The molecular weight excluding hydrogens is 443 g/mol. The van der Waals surface area contributed by atoms with Gasteiger partial charge in [0, 0.05) is 31.8 Å². The monoisotopic (exact) mass is 469 g/mol. The molecule has 0 bridgehead atoms. The van der Waals surface area contributed by atoms with Crippen LogP contribution in [0.25, 0.3) is 0 Å². The van der Waals surface area contributed by atoms with Crippen molar-refractivity contribution in [2.24, 2.45) is 0 Å². The Morgan fingerprint density at radius 2 is 1.59 bits per heavy atom. The average Bonchev–Trinajstić information content (AvgIpc) is 2.97. The van der Waals surface area contributed by atoms with E-state index in [0.29, 0.717) is 42.3 Å². The zero-order chi connectivity index (χ0) is 23.1. The van der Waals surface area contributed by atoms with Gasteiger partial charge in [0.1, 0.15) is 17.3 Å². The van der Waals surface area contributed by atoms with Crippen molar-refractivity contribution in [3.63, 3.8) is 0 Å². The van der Waals surface area contributed by atoms with Crippen molar-refractivity contribution in [1.29, 1.82) is 0 Å². The second kappa shape index (κ2) is 8.59. The molecule has 1 unspecified atom stereocenters. The number of sulfone groups is 1. The first kappa shape index (κ1) is 22.9. The molecule has 0 saturated carbocycles. The Balaban J connectivity index is 1.43. The quantitative estimate of drug-likeness (QED) is 0.638. The lowest BCUT2D eigenvalue weighted by atomic mass is 9.87. The summed E-state index contributed by atoms with van der Waals surface area (Å²) in [4.78, 5) is 2.11. The van der Waals surface area contributed by atoms with E-state index in [-0.39, 0.29) is 30.6 Å². The van der Waals surface area contributed by atoms with E-state index in [0.717, 1.165) is 6.07 Å². The SMILES string of the molecule is COc1cc2c(cc1OC)S(=O)(=O)C(CC1(F)CCN(Cc3cc(F)cc(F)c3)CC1)C2. The lowest BCUT2D eigenvalue weighted by Gasteiger charge is -2.37. The van der Waals surface area contributed by atoms with Gasteiger partial charge < -0.3 is 9.47 Å². The molecule has 0 aromatic heterocycles. The summed E-state index contributed by atoms with van der Waals surface area (Å²) < 4.78 is 79.2. The van der Waals surface area contributed by atoms with Crippen molar-refractivity contribution in [3.8, 4) is 11.5 Å². The zero-order valence-corrected chi connectivity index (χ0v) is 18.9. The number of halogens is 3. The van der Waals surface area contributed by atoms with Crippen LogP contribution in [0.3, 0.4) is 0 Å². The predicted molar refractivity (Wildman–Crippen MR) is 114 cm³/mol. The summed E-state index contributed by atoms with van der Waals surface area (Å²) in [6.07, 6.45) is 0.479. The first-order valence-corrected chi connectivity index (χ1v) is 12.0. The summed E-state index contributed by atoms with van der Waals surface area (Å²) in [5.41, 5.74) is -0.509. The minimum absolute atomic E-state index is 0.0862. The molecule has 0 N–H and O–H groups in total. The predicted octanol–water partition coefficient (Wildman–Crippen LogP) is 4.07. The number of nitrogens with zero attached hydrogens (tertiary/aromatic N) is 1. The molecule has 1 saturated heterocycles. The summed E-state index contributed by atoms with van der Waals surface area (Å²) in [6.45, 7) is 1.09. The van der Waals surface area contributed by atoms with Crippen LogP contribution in [-0.4, -0.2) is 51.5 Å². The summed E-state index contributed by atoms with van der Waals surface area (Å²) in [6, 6.07) is 6.46. The molecule has 174 valence electrons. The molecule has 4 rings (SSSR count). The normalized spacial score (nSPS) is 21.8. The van der Waals surface area contributed by atoms with Gasteiger partial charge in [0.05, 0.1) is 24.4 Å². The molecule has 2 aliphatic heterocycles. The van der Waals surface area contributed by atoms with Crippen molar-refractivity contribution in [2.75, 3.05) is 27.3 Å². The standard InChI is InChI=1S/C23H26F3NO4S/c1-30-20-10-16-9-19(32(28,29)22(16)12-21(20)31-2)13-23(26)3-5-27(6-4-23)14-15-7-17(24)11-18(25)8-15/h7-8,10-12,19H,3-6,9,13-14H2,1-2H3. The van der Waals surface area contributed by atoms with E-state index in [1.54, 1.807) is 6.07 Å². The lowest BCUT2D eigenvalue weighted by molar-refractivity contribution is 0.0470. The summed E-state index contributed by atoms with van der Waals surface area (Å²) in [5, 5.41) is -0.844. The number of hydrogen-bond donors (Lipinski definition) is 0. The van der Waals surface area contributed by atoms with Crippen LogP contribution >= 0.6 is 0 Å². The highest BCUT2D eigenvalue weighted by molar-refractivity contribution is 7.92. The number of alkyl halides is 1. The Kier molecular flexibility index (Phi) is 6.15. The second-order valence-corrected chi connectivity index (χ2v) is 10.8. The van der Waals surface area contributed by atoms with Crippen molar-refractivity contribution in [1.82, 2.24) is 4.90 Å². The van der Waals surface area contributed by atoms with Gasteiger partial charge in [-0.1, -0.05) is 0 Å². The molecule has 0 spiro atoms. The highest BCUT2D eigenvalue weighted by Crippen LogP contribution is 2.43. The summed E-state index contributed by atoms with van der Waals surface area (Å²) in [5.74, 6) is -0.515. The van der Waals surface area contributed by atoms with Crippen molar-refractivity contribution in [2.45, 2.75) is 48.0 Å². The molecule has 0 aliphatic carbocycles. The van der Waals surface area contributed by atoms with E-state index in [4.69, 9.17) is 9.47 Å². The molecule has 2 aromatic rings. The fourth-order valence-electron chi connectivity index (χ4n) is 4.73. The van der Waals surface area contributed by atoms with Gasteiger partial charge >= 0.3 is 0 Å². The van der Waals surface area contributed by atoms with Gasteiger partial charge in [0.15, 0.2) is 21.3 Å². The third-order valence-corrected chi connectivity index (χ3v) is 8.64. The van der Waals surface area contributed by atoms with Gasteiger partial charge in [0.2, 0.25) is 0 Å². The molecule has 32 heavy (non-hydrogen) atoms. The number of rotatable bonds is 6. The Morgan fingerprint density at radius 3 is 2.19 bits per heavy atom. The molecule has 5 nitrogen and oxygen atoms in total. The van der Waals surface area contributed by atoms with E-state index >= 15 is 4.39 Å². The van der Waals surface area contributed by atoms with E-state index in [2.05, 4.69) is 0 Å². The molecule has 1 fully saturated rings. The van der Waals surface area contributed by atoms with Crippen LogP contribution in [0.5, 0.6) is 11.5 Å². The number of ether oxygens (including phenoxy) is 2. The van der Waals surface area contributed by atoms with E-state index in [1.165, 1.54) is 32.4 Å². The minimum Gasteiger partial charge on any atom is -0.493 e. The maximum absolute atomic E-state index is 15.7. The average molecular weight is 470 g/mol. The number of hydrogen-bond acceptors (Lipinski definition) is 5. The Morgan fingerprint density at radius 1 is 1.00 bits per heavy atom. The Hall–Kier alpha value is -2.26. The fourth-order valence-corrected chi connectivity index (χ4v) is 6.78. The van der Waals surface area contributed by atoms with Crippen LogP contribution in [-0.2, 0) is 22.8 Å². The summed E-state index contributed by atoms with van der Waals surface area (Å²) >= 11 is 0. The van der Waals surface area contributed by atoms with Gasteiger partial charge in [-0.05, 0) is 55.0 Å². The number of fused-ring (bicyclic) bond motifs is 1. The second-order valence-electron chi connectivity index (χ2n) is 8.59. The van der Waals surface area contributed by atoms with Crippen LogP contribution in [0.15, 0.2) is 35.2 Å². The number of benzene rings is 2. The van der Waals surface area contributed by atoms with Gasteiger partial charge in [-0.3, -0.25) is 4.90 Å². The highest BCUT2D eigenvalue weighted by Gasteiger charge is 2.45. The third kappa shape index (κ3) is 4.45. The van der Waals surface area contributed by atoms with Crippen LogP contribution in [0.1, 0.15) is 30.4 Å². The molecule has 2 heterocycles. The van der Waals surface area contributed by atoms with Crippen molar-refractivity contribution in [3.05, 3.63) is 53.1 Å². The zero-order valence-electron chi connectivity index (χ0n) is 18.0. The van der Waals surface area contributed by atoms with Gasteiger partial charge in [-0.15, -0.1) is 0 Å². The van der Waals surface area contributed by atoms with E-state index < -0.39 is 32.4 Å². The summed E-state index contributed by atoms with van der Waals surface area (Å²) in [7, 11) is -0.769. The Labute approximate surface area is 186 Å². The van der Waals surface area contributed by atoms with Crippen molar-refractivity contribution >= 4 is 9.84 Å². The molecule has 2 aliphatic rings. The van der Waals surface area contributed by atoms with Crippen molar-refractivity contribution < 1.29 is 31.1 Å². The van der Waals surface area contributed by atoms with Crippen LogP contribution in [0.4, 0.5) is 13.2 Å². The van der Waals surface area contributed by atoms with Gasteiger partial charge in [-0.2, -0.15) is 0 Å². The number of likely N-dealkylation sites (tertiary alicyclic amines) is 1. The minimum atomic E-state index is -3.69. The first-order valence-electron chi connectivity index (χ1n) is 10.5. The number of piperidine rings is 1. The van der Waals surface area contributed by atoms with E-state index in [9.17, 15) is 17.2 Å². The fraction of sp³-hybridized carbons (Fsp3) is 0.478. The van der Waals surface area contributed by atoms with Crippen LogP contribution < -0.4 is 9.47 Å². The maximum Gasteiger partial charge on any atom is 0.182 e. The van der Waals surface area contributed by atoms with Gasteiger partial charge in [0.25, 0.3) is 0 Å². The molecule has 0 amide bonds. The topological polar surface area (TPSA) is 55.8 Å².